The van der Waals surface area contributed by atoms with Crippen LogP contribution in [-0.4, -0.2) is 25.2 Å². The second-order valence-electron chi connectivity index (χ2n) is 9.37. The Balaban J connectivity index is 1.86. The van der Waals surface area contributed by atoms with Gasteiger partial charge in [-0.15, -0.1) is 0 Å². The summed E-state index contributed by atoms with van der Waals surface area (Å²) in [5.74, 6) is 1.47. The summed E-state index contributed by atoms with van der Waals surface area (Å²) in [5.41, 5.74) is -0.486. The molecule has 2 aliphatic rings. The molecular formula is C23H44B2O. The van der Waals surface area contributed by atoms with E-state index in [4.69, 9.17) is 0 Å². The monoisotopic (exact) mass is 358 g/mol. The van der Waals surface area contributed by atoms with Crippen LogP contribution < -0.4 is 0 Å². The molecule has 0 amide bonds. The molecule has 3 heteroatoms. The van der Waals surface area contributed by atoms with Gasteiger partial charge in [-0.25, -0.2) is 0 Å². The van der Waals surface area contributed by atoms with Gasteiger partial charge in [0.1, 0.15) is 7.28 Å². The molecule has 2 rings (SSSR count). The molecule has 0 aromatic heterocycles. The average Bonchev–Trinajstić information content (AvgIpc) is 2.72. The Hall–Kier alpha value is 0.0899. The summed E-state index contributed by atoms with van der Waals surface area (Å²) < 4.78 is 0. The predicted molar refractivity (Wildman–Crippen MR) is 118 cm³/mol. The zero-order valence-corrected chi connectivity index (χ0v) is 17.7. The van der Waals surface area contributed by atoms with Gasteiger partial charge >= 0.3 is 0 Å². The molecule has 2 atom stereocenters. The first-order valence-corrected chi connectivity index (χ1v) is 12.1. The second-order valence-corrected chi connectivity index (χ2v) is 9.37. The Kier molecular flexibility index (Phi) is 11.4. The zero-order valence-electron chi connectivity index (χ0n) is 17.7. The standard InChI is InChI=1S/C23H44B2O/c1-24-21-15-11-8-13-19-23(26,20-14-12-16-21)25-22-17-9-6-4-2-3-5-7-10-18-22/h21-22,26H,2-20H2,1H3. The van der Waals surface area contributed by atoms with E-state index in [1.165, 1.54) is 109 Å². The van der Waals surface area contributed by atoms with Crippen molar-refractivity contribution in [1.82, 2.24) is 0 Å². The second kappa shape index (κ2) is 13.3. The summed E-state index contributed by atoms with van der Waals surface area (Å²) in [6.07, 6.45) is 24.9. The number of hydrogen-bond donors (Lipinski definition) is 1. The normalized spacial score (nSPS) is 32.0. The summed E-state index contributed by atoms with van der Waals surface area (Å²) in [6, 6.07) is 0. The lowest BCUT2D eigenvalue weighted by atomic mass is 9.47. The van der Waals surface area contributed by atoms with E-state index in [9.17, 15) is 5.11 Å². The summed E-state index contributed by atoms with van der Waals surface area (Å²) in [7, 11) is 4.85. The number of aliphatic hydroxyl groups is 1. The highest BCUT2D eigenvalue weighted by Crippen LogP contribution is 2.33. The summed E-state index contributed by atoms with van der Waals surface area (Å²) in [5, 5.41) is 11.4. The lowest BCUT2D eigenvalue weighted by Crippen LogP contribution is -2.38. The lowest BCUT2D eigenvalue weighted by molar-refractivity contribution is 0.0960. The summed E-state index contributed by atoms with van der Waals surface area (Å²) in [4.78, 5) is 0. The molecular weight excluding hydrogens is 314 g/mol. The van der Waals surface area contributed by atoms with Crippen LogP contribution in [0.5, 0.6) is 0 Å². The Labute approximate surface area is 166 Å². The van der Waals surface area contributed by atoms with Crippen LogP contribution in [0.2, 0.25) is 18.5 Å². The van der Waals surface area contributed by atoms with Gasteiger partial charge in [-0.1, -0.05) is 128 Å². The maximum Gasteiger partial charge on any atom is 0.157 e. The molecule has 0 bridgehead atoms. The van der Waals surface area contributed by atoms with Crippen LogP contribution in [0.4, 0.5) is 0 Å². The van der Waals surface area contributed by atoms with E-state index in [1.54, 1.807) is 0 Å². The Morgan fingerprint density at radius 2 is 0.962 bits per heavy atom. The lowest BCUT2D eigenvalue weighted by Gasteiger charge is -2.32. The molecule has 2 unspecified atom stereocenters. The smallest absolute Gasteiger partial charge is 0.157 e. The van der Waals surface area contributed by atoms with Crippen LogP contribution in [0.25, 0.3) is 0 Å². The van der Waals surface area contributed by atoms with E-state index < -0.39 is 5.50 Å². The van der Waals surface area contributed by atoms with Crippen LogP contribution in [0.3, 0.4) is 0 Å². The topological polar surface area (TPSA) is 20.2 Å². The molecule has 2 aliphatic carbocycles. The van der Waals surface area contributed by atoms with E-state index in [1.807, 2.05) is 0 Å². The van der Waals surface area contributed by atoms with Crippen molar-refractivity contribution >= 4 is 14.6 Å². The van der Waals surface area contributed by atoms with Gasteiger partial charge in [0.2, 0.25) is 0 Å². The van der Waals surface area contributed by atoms with Gasteiger partial charge in [0.15, 0.2) is 7.28 Å². The molecule has 0 spiro atoms. The molecule has 0 heterocycles. The van der Waals surface area contributed by atoms with Crippen molar-refractivity contribution in [2.24, 2.45) is 0 Å². The minimum Gasteiger partial charge on any atom is -0.399 e. The summed E-state index contributed by atoms with van der Waals surface area (Å²) in [6.45, 7) is 2.23. The minimum absolute atomic E-state index is 0.486. The van der Waals surface area contributed by atoms with Crippen molar-refractivity contribution in [3.05, 3.63) is 0 Å². The first-order chi connectivity index (χ1) is 12.7. The van der Waals surface area contributed by atoms with E-state index in [0.29, 0.717) is 5.82 Å². The third-order valence-electron chi connectivity index (χ3n) is 7.04. The highest BCUT2D eigenvalue weighted by Gasteiger charge is 2.31. The minimum atomic E-state index is -0.486. The van der Waals surface area contributed by atoms with E-state index in [2.05, 4.69) is 21.4 Å². The van der Waals surface area contributed by atoms with Crippen molar-refractivity contribution in [1.29, 1.82) is 0 Å². The molecule has 26 heavy (non-hydrogen) atoms. The number of rotatable bonds is 3. The van der Waals surface area contributed by atoms with E-state index >= 15 is 0 Å². The molecule has 0 aromatic rings. The van der Waals surface area contributed by atoms with E-state index in [0.717, 1.165) is 18.7 Å². The Morgan fingerprint density at radius 3 is 1.50 bits per heavy atom. The van der Waals surface area contributed by atoms with Crippen LogP contribution in [-0.2, 0) is 0 Å². The highest BCUT2D eigenvalue weighted by atomic mass is 16.3. The maximum atomic E-state index is 11.4. The van der Waals surface area contributed by atoms with Crippen molar-refractivity contribution in [2.75, 3.05) is 0 Å². The number of hydrogen-bond acceptors (Lipinski definition) is 1. The van der Waals surface area contributed by atoms with Crippen LogP contribution in [0.15, 0.2) is 0 Å². The van der Waals surface area contributed by atoms with Crippen LogP contribution >= 0.6 is 0 Å². The van der Waals surface area contributed by atoms with Gasteiger partial charge in [0.05, 0.1) is 0 Å². The van der Waals surface area contributed by atoms with Crippen molar-refractivity contribution < 1.29 is 5.11 Å². The first kappa shape index (κ1) is 22.4. The summed E-state index contributed by atoms with van der Waals surface area (Å²) >= 11 is 0. The van der Waals surface area contributed by atoms with Gasteiger partial charge in [-0.05, 0) is 12.8 Å². The first-order valence-electron chi connectivity index (χ1n) is 12.1. The van der Waals surface area contributed by atoms with Crippen LogP contribution in [0.1, 0.15) is 122 Å². The maximum absolute atomic E-state index is 11.4. The van der Waals surface area contributed by atoms with Crippen LogP contribution in [0, 0.1) is 0 Å². The Morgan fingerprint density at radius 1 is 0.577 bits per heavy atom. The third-order valence-corrected chi connectivity index (χ3v) is 7.04. The molecule has 2 saturated carbocycles. The molecule has 0 saturated heterocycles. The fraction of sp³-hybridized carbons (Fsp3) is 1.00. The van der Waals surface area contributed by atoms with Gasteiger partial charge in [0.25, 0.3) is 0 Å². The zero-order chi connectivity index (χ0) is 18.5. The van der Waals surface area contributed by atoms with Gasteiger partial charge < -0.3 is 5.11 Å². The van der Waals surface area contributed by atoms with Gasteiger partial charge in [0, 0.05) is 5.50 Å². The molecule has 2 fully saturated rings. The molecule has 0 aliphatic heterocycles. The molecule has 0 aromatic carbocycles. The largest absolute Gasteiger partial charge is 0.399 e. The molecule has 2 radical (unpaired) electrons. The molecule has 1 nitrogen and oxygen atoms in total. The van der Waals surface area contributed by atoms with Crippen molar-refractivity contribution in [3.63, 3.8) is 0 Å². The SMILES string of the molecule is C[B]C1CCCCCC(O)([B]C2CCCCCCCCCC2)CCCC1. The highest BCUT2D eigenvalue weighted by molar-refractivity contribution is 6.41. The molecule has 1 N–H and O–H groups in total. The van der Waals surface area contributed by atoms with Crippen molar-refractivity contribution in [3.8, 4) is 0 Å². The van der Waals surface area contributed by atoms with E-state index in [-0.39, 0.29) is 0 Å². The fourth-order valence-corrected chi connectivity index (χ4v) is 5.24. The van der Waals surface area contributed by atoms with Crippen molar-refractivity contribution in [2.45, 2.75) is 146 Å². The fourth-order valence-electron chi connectivity index (χ4n) is 5.24. The Bertz CT molecular complexity index is 337. The van der Waals surface area contributed by atoms with Gasteiger partial charge in [-0.2, -0.15) is 0 Å². The third kappa shape index (κ3) is 9.34. The molecule has 148 valence electrons. The van der Waals surface area contributed by atoms with Gasteiger partial charge in [-0.3, -0.25) is 0 Å². The average molecular weight is 358 g/mol. The quantitative estimate of drug-likeness (QED) is 0.531. The predicted octanol–water partition coefficient (Wildman–Crippen LogP) is 7.15.